The van der Waals surface area contributed by atoms with Crippen molar-refractivity contribution in [1.29, 1.82) is 0 Å². The number of aromatic nitrogens is 1. The van der Waals surface area contributed by atoms with Crippen molar-refractivity contribution in [3.8, 4) is 0 Å². The number of hydrogen-bond acceptors (Lipinski definition) is 2. The molecule has 0 saturated heterocycles. The maximum atomic E-state index is 13.7. The number of nitrogens with zero attached hydrogens (tertiary/aromatic N) is 1. The zero-order valence-electron chi connectivity index (χ0n) is 12.7. The summed E-state index contributed by atoms with van der Waals surface area (Å²) in [6.07, 6.45) is 0. The van der Waals surface area contributed by atoms with Gasteiger partial charge in [-0.2, -0.15) is 0 Å². The number of aryl methyl sites for hydroxylation is 2. The Bertz CT molecular complexity index is 922. The fourth-order valence-corrected chi connectivity index (χ4v) is 2.41. The van der Waals surface area contributed by atoms with Gasteiger partial charge in [0.05, 0.1) is 22.5 Å². The molecule has 0 fully saturated rings. The van der Waals surface area contributed by atoms with Crippen molar-refractivity contribution in [2.75, 3.05) is 5.32 Å². The number of benzene rings is 2. The second-order valence-corrected chi connectivity index (χ2v) is 5.40. The molecule has 0 atom stereocenters. The predicted molar refractivity (Wildman–Crippen MR) is 85.5 cm³/mol. The van der Waals surface area contributed by atoms with Crippen molar-refractivity contribution < 1.29 is 13.6 Å². The van der Waals surface area contributed by atoms with Crippen molar-refractivity contribution in [2.24, 2.45) is 0 Å². The van der Waals surface area contributed by atoms with Crippen LogP contribution in [0.2, 0.25) is 0 Å². The van der Waals surface area contributed by atoms with Crippen molar-refractivity contribution in [2.45, 2.75) is 13.8 Å². The topological polar surface area (TPSA) is 42.0 Å². The third-order valence-electron chi connectivity index (χ3n) is 3.58. The Hall–Kier alpha value is -2.82. The summed E-state index contributed by atoms with van der Waals surface area (Å²) < 4.78 is 26.9. The normalized spacial score (nSPS) is 10.8. The second kappa shape index (κ2) is 5.76. The summed E-state index contributed by atoms with van der Waals surface area (Å²) in [5, 5.41) is 3.21. The molecular weight excluding hydrogens is 298 g/mol. The summed E-state index contributed by atoms with van der Waals surface area (Å²) in [7, 11) is 0. The van der Waals surface area contributed by atoms with Crippen LogP contribution >= 0.6 is 0 Å². The number of fused-ring (bicyclic) bond motifs is 1. The van der Waals surface area contributed by atoms with E-state index in [1.807, 2.05) is 25.1 Å². The van der Waals surface area contributed by atoms with Gasteiger partial charge in [0.2, 0.25) is 0 Å². The van der Waals surface area contributed by atoms with E-state index >= 15 is 0 Å². The van der Waals surface area contributed by atoms with Crippen molar-refractivity contribution in [1.82, 2.24) is 4.98 Å². The Morgan fingerprint density at radius 3 is 2.61 bits per heavy atom. The lowest BCUT2D eigenvalue weighted by molar-refractivity contribution is 0.102. The summed E-state index contributed by atoms with van der Waals surface area (Å²) in [6.45, 7) is 3.65. The average Bonchev–Trinajstić information content (AvgIpc) is 2.50. The standard InChI is InChI=1S/C18H14F2N2O/c1-10-3-6-16-12(7-10)8-14(11(2)21-16)18(23)22-17-9-13(19)4-5-15(17)20/h3-9H,1-2H3,(H,22,23). The van der Waals surface area contributed by atoms with E-state index in [2.05, 4.69) is 10.3 Å². The lowest BCUT2D eigenvalue weighted by atomic mass is 10.1. The Morgan fingerprint density at radius 1 is 1.04 bits per heavy atom. The van der Waals surface area contributed by atoms with Gasteiger partial charge in [0.1, 0.15) is 11.6 Å². The van der Waals surface area contributed by atoms with Crippen LogP contribution in [-0.2, 0) is 0 Å². The van der Waals surface area contributed by atoms with Gasteiger partial charge >= 0.3 is 0 Å². The number of carbonyl (C=O) groups is 1. The summed E-state index contributed by atoms with van der Waals surface area (Å²) in [4.78, 5) is 16.8. The molecule has 1 aromatic heterocycles. The molecule has 0 aliphatic rings. The van der Waals surface area contributed by atoms with Gasteiger partial charge in [-0.1, -0.05) is 11.6 Å². The van der Waals surface area contributed by atoms with Gasteiger partial charge in [-0.15, -0.1) is 0 Å². The number of carbonyl (C=O) groups excluding carboxylic acids is 1. The number of anilines is 1. The molecule has 3 nitrogen and oxygen atoms in total. The molecule has 5 heteroatoms. The number of hydrogen-bond donors (Lipinski definition) is 1. The van der Waals surface area contributed by atoms with Gasteiger partial charge in [0, 0.05) is 11.5 Å². The number of pyridine rings is 1. The van der Waals surface area contributed by atoms with E-state index < -0.39 is 17.5 Å². The SMILES string of the molecule is Cc1ccc2nc(C)c(C(=O)Nc3cc(F)ccc3F)cc2c1. The van der Waals surface area contributed by atoms with Crippen LogP contribution in [0.25, 0.3) is 10.9 Å². The second-order valence-electron chi connectivity index (χ2n) is 5.40. The summed E-state index contributed by atoms with van der Waals surface area (Å²) in [6, 6.07) is 10.4. The van der Waals surface area contributed by atoms with E-state index in [0.717, 1.165) is 34.7 Å². The molecule has 3 rings (SSSR count). The number of halogens is 2. The van der Waals surface area contributed by atoms with E-state index in [1.54, 1.807) is 13.0 Å². The van der Waals surface area contributed by atoms with Crippen LogP contribution in [-0.4, -0.2) is 10.9 Å². The molecule has 3 aromatic rings. The van der Waals surface area contributed by atoms with Gasteiger partial charge in [0.15, 0.2) is 0 Å². The molecule has 1 amide bonds. The molecule has 0 unspecified atom stereocenters. The summed E-state index contributed by atoms with van der Waals surface area (Å²) >= 11 is 0. The number of nitrogens with one attached hydrogen (secondary N) is 1. The van der Waals surface area contributed by atoms with Gasteiger partial charge in [-0.25, -0.2) is 8.78 Å². The largest absolute Gasteiger partial charge is 0.319 e. The van der Waals surface area contributed by atoms with Crippen LogP contribution in [0.15, 0.2) is 42.5 Å². The van der Waals surface area contributed by atoms with Crippen LogP contribution < -0.4 is 5.32 Å². The molecule has 1 heterocycles. The van der Waals surface area contributed by atoms with Crippen LogP contribution in [0.4, 0.5) is 14.5 Å². The van der Waals surface area contributed by atoms with Gasteiger partial charge < -0.3 is 5.32 Å². The van der Waals surface area contributed by atoms with Crippen LogP contribution in [0.3, 0.4) is 0 Å². The smallest absolute Gasteiger partial charge is 0.257 e. The van der Waals surface area contributed by atoms with Crippen LogP contribution in [0.5, 0.6) is 0 Å². The molecule has 0 aliphatic heterocycles. The first-order chi connectivity index (χ1) is 10.9. The van der Waals surface area contributed by atoms with Crippen molar-refractivity contribution in [3.63, 3.8) is 0 Å². The van der Waals surface area contributed by atoms with E-state index in [9.17, 15) is 13.6 Å². The number of rotatable bonds is 2. The Kier molecular flexibility index (Phi) is 3.78. The third kappa shape index (κ3) is 3.04. The third-order valence-corrected chi connectivity index (χ3v) is 3.58. The zero-order valence-corrected chi connectivity index (χ0v) is 12.7. The highest BCUT2D eigenvalue weighted by molar-refractivity contribution is 6.06. The molecule has 0 aliphatic carbocycles. The van der Waals surface area contributed by atoms with E-state index in [0.29, 0.717) is 11.3 Å². The van der Waals surface area contributed by atoms with Crippen LogP contribution in [0.1, 0.15) is 21.6 Å². The lowest BCUT2D eigenvalue weighted by Crippen LogP contribution is -2.15. The zero-order chi connectivity index (χ0) is 16.6. The fraction of sp³-hybridized carbons (Fsp3) is 0.111. The van der Waals surface area contributed by atoms with Gasteiger partial charge in [-0.3, -0.25) is 9.78 Å². The Balaban J connectivity index is 2.00. The molecule has 23 heavy (non-hydrogen) atoms. The van der Waals surface area contributed by atoms with E-state index in [-0.39, 0.29) is 5.69 Å². The quantitative estimate of drug-likeness (QED) is 0.763. The highest BCUT2D eigenvalue weighted by Crippen LogP contribution is 2.21. The van der Waals surface area contributed by atoms with Gasteiger partial charge in [-0.05, 0) is 44.2 Å². The van der Waals surface area contributed by atoms with Crippen molar-refractivity contribution >= 4 is 22.5 Å². The van der Waals surface area contributed by atoms with Crippen molar-refractivity contribution in [3.05, 3.63) is 70.9 Å². The molecular formula is C18H14F2N2O. The molecule has 1 N–H and O–H groups in total. The Morgan fingerprint density at radius 2 is 1.83 bits per heavy atom. The first-order valence-corrected chi connectivity index (χ1v) is 7.08. The molecule has 0 bridgehead atoms. The maximum absolute atomic E-state index is 13.7. The monoisotopic (exact) mass is 312 g/mol. The van der Waals surface area contributed by atoms with E-state index in [1.165, 1.54) is 0 Å². The lowest BCUT2D eigenvalue weighted by Gasteiger charge is -2.10. The summed E-state index contributed by atoms with van der Waals surface area (Å²) in [5.74, 6) is -1.84. The molecule has 0 radical (unpaired) electrons. The minimum atomic E-state index is -0.693. The maximum Gasteiger partial charge on any atom is 0.257 e. The molecule has 116 valence electrons. The predicted octanol–water partition coefficient (Wildman–Crippen LogP) is 4.38. The molecule has 0 saturated carbocycles. The minimum absolute atomic E-state index is 0.196. The Labute approximate surface area is 132 Å². The minimum Gasteiger partial charge on any atom is -0.319 e. The first kappa shape index (κ1) is 15.1. The van der Waals surface area contributed by atoms with E-state index in [4.69, 9.17) is 0 Å². The number of amides is 1. The van der Waals surface area contributed by atoms with Crippen LogP contribution in [0, 0.1) is 25.5 Å². The fourth-order valence-electron chi connectivity index (χ4n) is 2.41. The highest BCUT2D eigenvalue weighted by Gasteiger charge is 2.14. The first-order valence-electron chi connectivity index (χ1n) is 7.08. The summed E-state index contributed by atoms with van der Waals surface area (Å²) in [5.41, 5.74) is 2.48. The highest BCUT2D eigenvalue weighted by atomic mass is 19.1. The van der Waals surface area contributed by atoms with Gasteiger partial charge in [0.25, 0.3) is 5.91 Å². The average molecular weight is 312 g/mol. The molecule has 0 spiro atoms. The molecule has 2 aromatic carbocycles.